The second-order valence-corrected chi connectivity index (χ2v) is 6.51. The number of likely N-dealkylation sites (tertiary alicyclic amines) is 1. The van der Waals surface area contributed by atoms with E-state index in [0.29, 0.717) is 15.7 Å². The molecule has 2 aromatic carbocycles. The van der Waals surface area contributed by atoms with E-state index in [4.69, 9.17) is 0 Å². The van der Waals surface area contributed by atoms with Crippen LogP contribution in [0.4, 0.5) is 10.1 Å². The van der Waals surface area contributed by atoms with Gasteiger partial charge in [-0.15, -0.1) is 0 Å². The topological polar surface area (TPSA) is 49.4 Å². The minimum Gasteiger partial charge on any atom is -0.339 e. The van der Waals surface area contributed by atoms with Crippen molar-refractivity contribution in [1.29, 1.82) is 0 Å². The van der Waals surface area contributed by atoms with Gasteiger partial charge in [0.15, 0.2) is 0 Å². The van der Waals surface area contributed by atoms with Crippen molar-refractivity contribution >= 4 is 33.4 Å². The maximum Gasteiger partial charge on any atom is 0.255 e. The van der Waals surface area contributed by atoms with Crippen LogP contribution in [0.2, 0.25) is 0 Å². The number of nitrogens with one attached hydrogen (secondary N) is 1. The van der Waals surface area contributed by atoms with Gasteiger partial charge < -0.3 is 10.2 Å². The van der Waals surface area contributed by atoms with Gasteiger partial charge in [-0.2, -0.15) is 0 Å². The maximum absolute atomic E-state index is 13.5. The lowest BCUT2D eigenvalue weighted by Gasteiger charge is -2.15. The fourth-order valence-corrected chi connectivity index (χ4v) is 2.89. The van der Waals surface area contributed by atoms with Crippen LogP contribution in [0.5, 0.6) is 0 Å². The summed E-state index contributed by atoms with van der Waals surface area (Å²) in [6.45, 7) is 1.60. The number of benzene rings is 2. The molecule has 1 aliphatic heterocycles. The molecule has 0 spiro atoms. The standard InChI is InChI=1S/C18H16BrFN2O2/c19-15-8-5-13(11-16(15)20)17(23)21-14-6-3-12(4-7-14)18(24)22-9-1-2-10-22/h3-8,11H,1-2,9-10H2,(H,21,23). The molecular formula is C18H16BrFN2O2. The van der Waals surface area contributed by atoms with Gasteiger partial charge in [0.05, 0.1) is 4.47 Å². The summed E-state index contributed by atoms with van der Waals surface area (Å²) in [6.07, 6.45) is 2.09. The molecule has 0 radical (unpaired) electrons. The van der Waals surface area contributed by atoms with Gasteiger partial charge in [-0.25, -0.2) is 4.39 Å². The Bertz CT molecular complexity index is 771. The van der Waals surface area contributed by atoms with Gasteiger partial charge >= 0.3 is 0 Å². The maximum atomic E-state index is 13.5. The molecule has 1 aliphatic rings. The first kappa shape index (κ1) is 16.6. The highest BCUT2D eigenvalue weighted by atomic mass is 79.9. The van der Waals surface area contributed by atoms with Crippen molar-refractivity contribution in [2.24, 2.45) is 0 Å². The minimum atomic E-state index is -0.491. The molecule has 6 heteroatoms. The van der Waals surface area contributed by atoms with E-state index in [0.717, 1.165) is 25.9 Å². The van der Waals surface area contributed by atoms with E-state index in [-0.39, 0.29) is 11.5 Å². The lowest BCUT2D eigenvalue weighted by molar-refractivity contribution is 0.0792. The Balaban J connectivity index is 1.68. The molecule has 0 aliphatic carbocycles. The van der Waals surface area contributed by atoms with E-state index in [1.54, 1.807) is 24.3 Å². The van der Waals surface area contributed by atoms with Crippen molar-refractivity contribution in [3.63, 3.8) is 0 Å². The molecule has 24 heavy (non-hydrogen) atoms. The molecule has 0 bridgehead atoms. The van der Waals surface area contributed by atoms with Crippen LogP contribution in [0, 0.1) is 5.82 Å². The van der Waals surface area contributed by atoms with E-state index in [1.807, 2.05) is 4.90 Å². The third kappa shape index (κ3) is 3.64. The zero-order chi connectivity index (χ0) is 17.1. The van der Waals surface area contributed by atoms with E-state index in [1.165, 1.54) is 18.2 Å². The summed E-state index contributed by atoms with van der Waals surface area (Å²) < 4.78 is 13.8. The van der Waals surface area contributed by atoms with Crippen LogP contribution in [-0.4, -0.2) is 29.8 Å². The summed E-state index contributed by atoms with van der Waals surface area (Å²) >= 11 is 3.05. The van der Waals surface area contributed by atoms with Gasteiger partial charge in [-0.3, -0.25) is 9.59 Å². The summed E-state index contributed by atoms with van der Waals surface area (Å²) in [5.74, 6) is -0.880. The first-order valence-electron chi connectivity index (χ1n) is 7.70. The largest absolute Gasteiger partial charge is 0.339 e. The highest BCUT2D eigenvalue weighted by Crippen LogP contribution is 2.19. The molecule has 1 N–H and O–H groups in total. The quantitative estimate of drug-likeness (QED) is 0.858. The van der Waals surface area contributed by atoms with Crippen LogP contribution >= 0.6 is 15.9 Å². The first-order chi connectivity index (χ1) is 11.5. The Kier molecular flexibility index (Phi) is 4.94. The van der Waals surface area contributed by atoms with Gasteiger partial charge in [0.2, 0.25) is 0 Å². The second-order valence-electron chi connectivity index (χ2n) is 5.66. The molecule has 124 valence electrons. The van der Waals surface area contributed by atoms with Gasteiger partial charge in [0.1, 0.15) is 5.82 Å². The molecule has 1 fully saturated rings. The van der Waals surface area contributed by atoms with Crippen molar-refractivity contribution in [2.75, 3.05) is 18.4 Å². The van der Waals surface area contributed by atoms with Crippen LogP contribution in [-0.2, 0) is 0 Å². The number of hydrogen-bond donors (Lipinski definition) is 1. The smallest absolute Gasteiger partial charge is 0.255 e. The number of halogens is 2. The Labute approximate surface area is 147 Å². The normalized spacial score (nSPS) is 13.8. The highest BCUT2D eigenvalue weighted by molar-refractivity contribution is 9.10. The second kappa shape index (κ2) is 7.13. The molecule has 0 aromatic heterocycles. The van der Waals surface area contributed by atoms with Gasteiger partial charge in [0, 0.05) is 29.9 Å². The number of nitrogens with zero attached hydrogens (tertiary/aromatic N) is 1. The van der Waals surface area contributed by atoms with Crippen molar-refractivity contribution < 1.29 is 14.0 Å². The molecule has 0 unspecified atom stereocenters. The molecule has 2 amide bonds. The summed E-state index contributed by atoms with van der Waals surface area (Å²) in [5, 5.41) is 2.69. The van der Waals surface area contributed by atoms with E-state index < -0.39 is 11.7 Å². The van der Waals surface area contributed by atoms with Crippen LogP contribution in [0.3, 0.4) is 0 Å². The zero-order valence-corrected chi connectivity index (χ0v) is 14.5. The predicted octanol–water partition coefficient (Wildman–Crippen LogP) is 4.08. The molecule has 0 saturated carbocycles. The molecule has 1 heterocycles. The molecule has 2 aromatic rings. The van der Waals surface area contributed by atoms with Crippen LogP contribution in [0.15, 0.2) is 46.9 Å². The Morgan fingerprint density at radius 2 is 1.62 bits per heavy atom. The summed E-state index contributed by atoms with van der Waals surface area (Å²) in [6, 6.07) is 10.9. The third-order valence-corrected chi connectivity index (χ3v) is 4.61. The summed E-state index contributed by atoms with van der Waals surface area (Å²) in [4.78, 5) is 26.2. The average molecular weight is 391 g/mol. The monoisotopic (exact) mass is 390 g/mol. The molecule has 1 saturated heterocycles. The molecular weight excluding hydrogens is 375 g/mol. The minimum absolute atomic E-state index is 0.0142. The van der Waals surface area contributed by atoms with Crippen LogP contribution in [0.25, 0.3) is 0 Å². The van der Waals surface area contributed by atoms with Gasteiger partial charge in [-0.05, 0) is 71.2 Å². The average Bonchev–Trinajstić information content (AvgIpc) is 3.12. The highest BCUT2D eigenvalue weighted by Gasteiger charge is 2.19. The van der Waals surface area contributed by atoms with E-state index >= 15 is 0 Å². The predicted molar refractivity (Wildman–Crippen MR) is 93.6 cm³/mol. The lowest BCUT2D eigenvalue weighted by atomic mass is 10.1. The van der Waals surface area contributed by atoms with Crippen molar-refractivity contribution in [2.45, 2.75) is 12.8 Å². The Hall–Kier alpha value is -2.21. The van der Waals surface area contributed by atoms with Crippen molar-refractivity contribution in [3.05, 3.63) is 63.9 Å². The molecule has 4 nitrogen and oxygen atoms in total. The number of carbonyl (C=O) groups excluding carboxylic acids is 2. The van der Waals surface area contributed by atoms with E-state index in [9.17, 15) is 14.0 Å². The number of rotatable bonds is 3. The zero-order valence-electron chi connectivity index (χ0n) is 12.9. The molecule has 0 atom stereocenters. The number of anilines is 1. The fraction of sp³-hybridized carbons (Fsp3) is 0.222. The fourth-order valence-electron chi connectivity index (χ4n) is 2.64. The van der Waals surface area contributed by atoms with Crippen LogP contribution < -0.4 is 5.32 Å². The number of hydrogen-bond acceptors (Lipinski definition) is 2. The van der Waals surface area contributed by atoms with Gasteiger partial charge in [-0.1, -0.05) is 0 Å². The first-order valence-corrected chi connectivity index (χ1v) is 8.49. The number of amides is 2. The SMILES string of the molecule is O=C(Nc1ccc(C(=O)N2CCCC2)cc1)c1ccc(Br)c(F)c1. The van der Waals surface area contributed by atoms with Gasteiger partial charge in [0.25, 0.3) is 11.8 Å². The van der Waals surface area contributed by atoms with Crippen molar-refractivity contribution in [3.8, 4) is 0 Å². The van der Waals surface area contributed by atoms with E-state index in [2.05, 4.69) is 21.2 Å². The number of carbonyl (C=O) groups is 2. The summed E-state index contributed by atoms with van der Waals surface area (Å²) in [5.41, 5.74) is 1.39. The molecule has 3 rings (SSSR count). The lowest BCUT2D eigenvalue weighted by Crippen LogP contribution is -2.27. The Morgan fingerprint density at radius 1 is 1.00 bits per heavy atom. The Morgan fingerprint density at radius 3 is 2.25 bits per heavy atom. The third-order valence-electron chi connectivity index (χ3n) is 3.96. The van der Waals surface area contributed by atoms with Crippen molar-refractivity contribution in [1.82, 2.24) is 4.90 Å². The summed E-state index contributed by atoms with van der Waals surface area (Å²) in [7, 11) is 0. The van der Waals surface area contributed by atoms with Crippen LogP contribution in [0.1, 0.15) is 33.6 Å².